The van der Waals surface area contributed by atoms with Crippen LogP contribution in [-0.4, -0.2) is 37.7 Å². The number of carbonyl (C=O) groups excluding carboxylic acids is 1. The molecule has 0 radical (unpaired) electrons. The van der Waals surface area contributed by atoms with Gasteiger partial charge in [-0.05, 0) is 19.1 Å². The van der Waals surface area contributed by atoms with Gasteiger partial charge in [0.1, 0.15) is 0 Å². The highest BCUT2D eigenvalue weighted by atomic mass is 16.9. The summed E-state index contributed by atoms with van der Waals surface area (Å²) in [6.07, 6.45) is -0.484. The van der Waals surface area contributed by atoms with Gasteiger partial charge in [-0.1, -0.05) is 6.07 Å². The summed E-state index contributed by atoms with van der Waals surface area (Å²) < 4.78 is 21.8. The average molecular weight is 267 g/mol. The Kier molecular flexibility index (Phi) is 3.53. The molecule has 1 aromatic carbocycles. The second-order valence-corrected chi connectivity index (χ2v) is 4.35. The molecular formula is C13H17NO5. The number of nitrogens with zero attached hydrogens (tertiary/aromatic N) is 1. The predicted molar refractivity (Wildman–Crippen MR) is 67.4 cm³/mol. The van der Waals surface area contributed by atoms with Crippen LogP contribution in [0.3, 0.4) is 0 Å². The minimum absolute atomic E-state index is 0.305. The predicted octanol–water partition coefficient (Wildman–Crippen LogP) is 2.23. The molecule has 1 unspecified atom stereocenters. The Bertz CT molecular complexity index is 488. The third kappa shape index (κ3) is 2.73. The number of carbonyl (C=O) groups is 1. The second kappa shape index (κ2) is 4.97. The molecule has 0 spiro atoms. The van der Waals surface area contributed by atoms with Crippen LogP contribution in [0.5, 0.6) is 17.2 Å². The fraction of sp³-hybridized carbons (Fsp3) is 0.462. The van der Waals surface area contributed by atoms with Crippen molar-refractivity contribution in [1.82, 2.24) is 4.90 Å². The summed E-state index contributed by atoms with van der Waals surface area (Å²) in [6.45, 7) is 3.94. The fourth-order valence-corrected chi connectivity index (χ4v) is 1.67. The van der Waals surface area contributed by atoms with Crippen LogP contribution >= 0.6 is 0 Å². The summed E-state index contributed by atoms with van der Waals surface area (Å²) in [6, 6.07) is 5.09. The van der Waals surface area contributed by atoms with Crippen LogP contribution in [0, 0.1) is 0 Å². The monoisotopic (exact) mass is 267 g/mol. The van der Waals surface area contributed by atoms with E-state index in [0.717, 1.165) is 0 Å². The maximum Gasteiger partial charge on any atom is 0.414 e. The third-order valence-corrected chi connectivity index (χ3v) is 2.49. The summed E-state index contributed by atoms with van der Waals surface area (Å²) in [7, 11) is 3.21. The normalized spacial score (nSPS) is 20.2. The van der Waals surface area contributed by atoms with E-state index in [9.17, 15) is 4.79 Å². The lowest BCUT2D eigenvalue weighted by Gasteiger charge is -2.21. The topological polar surface area (TPSA) is 57.2 Å². The summed E-state index contributed by atoms with van der Waals surface area (Å²) in [5.41, 5.74) is 0. The molecule has 0 fully saturated rings. The van der Waals surface area contributed by atoms with E-state index >= 15 is 0 Å². The van der Waals surface area contributed by atoms with Gasteiger partial charge in [0.2, 0.25) is 5.75 Å². The van der Waals surface area contributed by atoms with Crippen LogP contribution < -0.4 is 14.2 Å². The van der Waals surface area contributed by atoms with Gasteiger partial charge in [0.15, 0.2) is 11.5 Å². The Hall–Kier alpha value is -1.95. The molecule has 1 amide bonds. The van der Waals surface area contributed by atoms with Gasteiger partial charge in [0.25, 0.3) is 0 Å². The minimum Gasteiger partial charge on any atom is -0.426 e. The van der Waals surface area contributed by atoms with Crippen LogP contribution in [-0.2, 0) is 4.74 Å². The quantitative estimate of drug-likeness (QED) is 0.840. The van der Waals surface area contributed by atoms with Crippen molar-refractivity contribution in [3.63, 3.8) is 0 Å². The molecule has 0 saturated carbocycles. The number of hydrogen-bond donors (Lipinski definition) is 0. The fourth-order valence-electron chi connectivity index (χ4n) is 1.67. The number of hydrogen-bond acceptors (Lipinski definition) is 5. The van der Waals surface area contributed by atoms with E-state index in [1.165, 1.54) is 4.90 Å². The van der Waals surface area contributed by atoms with Crippen LogP contribution in [0.15, 0.2) is 18.2 Å². The van der Waals surface area contributed by atoms with Gasteiger partial charge in [-0.15, -0.1) is 0 Å². The van der Waals surface area contributed by atoms with Crippen LogP contribution in [0.1, 0.15) is 13.8 Å². The second-order valence-electron chi connectivity index (χ2n) is 4.35. The van der Waals surface area contributed by atoms with Crippen LogP contribution in [0.4, 0.5) is 4.79 Å². The summed E-state index contributed by atoms with van der Waals surface area (Å²) >= 11 is 0. The lowest BCUT2D eigenvalue weighted by molar-refractivity contribution is -0.266. The molecule has 0 saturated heterocycles. The van der Waals surface area contributed by atoms with Crippen molar-refractivity contribution in [3.8, 4) is 17.2 Å². The van der Waals surface area contributed by atoms with E-state index < -0.39 is 12.1 Å². The van der Waals surface area contributed by atoms with Gasteiger partial charge >= 0.3 is 12.1 Å². The SMILES string of the molecule is CCOC1(C)Oc2cccc(OC(=O)N(C)C)c2O1. The number of amides is 1. The molecule has 1 aliphatic rings. The van der Waals surface area contributed by atoms with Gasteiger partial charge in [0, 0.05) is 21.0 Å². The molecule has 6 nitrogen and oxygen atoms in total. The summed E-state index contributed by atoms with van der Waals surface area (Å²) in [5, 5.41) is 0. The van der Waals surface area contributed by atoms with Crippen LogP contribution in [0.25, 0.3) is 0 Å². The molecule has 1 aromatic rings. The number of rotatable bonds is 3. The Morgan fingerprint density at radius 1 is 1.37 bits per heavy atom. The van der Waals surface area contributed by atoms with Crippen molar-refractivity contribution >= 4 is 6.09 Å². The summed E-state index contributed by atoms with van der Waals surface area (Å²) in [4.78, 5) is 12.9. The zero-order valence-corrected chi connectivity index (χ0v) is 11.4. The van der Waals surface area contributed by atoms with E-state index in [4.69, 9.17) is 18.9 Å². The van der Waals surface area contributed by atoms with Gasteiger partial charge < -0.3 is 23.8 Å². The van der Waals surface area contributed by atoms with Crippen molar-refractivity contribution < 1.29 is 23.7 Å². The van der Waals surface area contributed by atoms with Crippen molar-refractivity contribution in [2.24, 2.45) is 0 Å². The average Bonchev–Trinajstić information content (AvgIpc) is 2.66. The highest BCUT2D eigenvalue weighted by Crippen LogP contribution is 2.46. The van der Waals surface area contributed by atoms with E-state index in [1.54, 1.807) is 39.2 Å². The third-order valence-electron chi connectivity index (χ3n) is 2.49. The zero-order chi connectivity index (χ0) is 14.0. The van der Waals surface area contributed by atoms with E-state index in [-0.39, 0.29) is 0 Å². The number of benzene rings is 1. The van der Waals surface area contributed by atoms with E-state index in [0.29, 0.717) is 23.9 Å². The van der Waals surface area contributed by atoms with Crippen molar-refractivity contribution in [3.05, 3.63) is 18.2 Å². The number of para-hydroxylation sites is 1. The highest BCUT2D eigenvalue weighted by molar-refractivity contribution is 5.72. The molecule has 6 heteroatoms. The molecule has 1 atom stereocenters. The van der Waals surface area contributed by atoms with E-state index in [1.807, 2.05) is 6.92 Å². The molecule has 1 aliphatic heterocycles. The lowest BCUT2D eigenvalue weighted by atomic mass is 10.3. The van der Waals surface area contributed by atoms with Crippen LogP contribution in [0.2, 0.25) is 0 Å². The largest absolute Gasteiger partial charge is 0.426 e. The van der Waals surface area contributed by atoms with E-state index in [2.05, 4.69) is 0 Å². The Labute approximate surface area is 111 Å². The molecule has 19 heavy (non-hydrogen) atoms. The first-order valence-corrected chi connectivity index (χ1v) is 5.99. The first kappa shape index (κ1) is 13.5. The maximum atomic E-state index is 11.6. The first-order chi connectivity index (χ1) is 8.95. The lowest BCUT2D eigenvalue weighted by Crippen LogP contribution is -2.38. The minimum atomic E-state index is -1.18. The highest BCUT2D eigenvalue weighted by Gasteiger charge is 2.40. The number of fused-ring (bicyclic) bond motifs is 1. The molecule has 104 valence electrons. The Balaban J connectivity index is 2.23. The van der Waals surface area contributed by atoms with Gasteiger partial charge in [-0.25, -0.2) is 4.79 Å². The molecule has 0 aromatic heterocycles. The Morgan fingerprint density at radius 2 is 2.11 bits per heavy atom. The van der Waals surface area contributed by atoms with Gasteiger partial charge in [-0.2, -0.15) is 0 Å². The summed E-state index contributed by atoms with van der Waals surface area (Å²) in [5.74, 6) is -0.0224. The molecular weight excluding hydrogens is 250 g/mol. The van der Waals surface area contributed by atoms with Crippen molar-refractivity contribution in [1.29, 1.82) is 0 Å². The molecule has 0 N–H and O–H groups in total. The van der Waals surface area contributed by atoms with Crippen molar-refractivity contribution in [2.45, 2.75) is 19.8 Å². The van der Waals surface area contributed by atoms with Gasteiger partial charge in [-0.3, -0.25) is 0 Å². The maximum absolute atomic E-state index is 11.6. The molecule has 2 rings (SSSR count). The van der Waals surface area contributed by atoms with Crippen molar-refractivity contribution in [2.75, 3.05) is 20.7 Å². The number of ether oxygens (including phenoxy) is 4. The molecule has 0 aliphatic carbocycles. The standard InChI is InChI=1S/C13H17NO5/c1-5-16-13(2)18-10-8-6-7-9(11(10)19-13)17-12(15)14(3)4/h6-8H,5H2,1-4H3. The zero-order valence-electron chi connectivity index (χ0n) is 11.4. The smallest absolute Gasteiger partial charge is 0.414 e. The molecule has 1 heterocycles. The molecule has 0 bridgehead atoms. The Morgan fingerprint density at radius 3 is 2.74 bits per heavy atom. The van der Waals surface area contributed by atoms with Gasteiger partial charge in [0.05, 0.1) is 6.61 Å². The first-order valence-electron chi connectivity index (χ1n) is 5.99.